The molecule has 0 aromatic heterocycles. The minimum Gasteiger partial charge on any atom is -0.493 e. The summed E-state index contributed by atoms with van der Waals surface area (Å²) in [6, 6.07) is 14.3. The summed E-state index contributed by atoms with van der Waals surface area (Å²) in [6.07, 6.45) is 4.00. The van der Waals surface area contributed by atoms with Gasteiger partial charge >= 0.3 is 11.9 Å². The Labute approximate surface area is 277 Å². The fourth-order valence-electron chi connectivity index (χ4n) is 5.20. The highest BCUT2D eigenvalue weighted by molar-refractivity contribution is 5.93. The van der Waals surface area contributed by atoms with E-state index in [1.165, 1.54) is 32.8 Å². The van der Waals surface area contributed by atoms with E-state index in [0.29, 0.717) is 29.4 Å². The monoisotopic (exact) mass is 652 g/mol. The van der Waals surface area contributed by atoms with E-state index in [4.69, 9.17) is 18.9 Å². The van der Waals surface area contributed by atoms with Gasteiger partial charge in [-0.05, 0) is 60.4 Å². The molecule has 1 unspecified atom stereocenters. The molecule has 0 aliphatic carbocycles. The van der Waals surface area contributed by atoms with Crippen molar-refractivity contribution < 1.29 is 43.2 Å². The second-order valence-corrected chi connectivity index (χ2v) is 12.4. The molecule has 1 saturated heterocycles. The van der Waals surface area contributed by atoms with Crippen molar-refractivity contribution >= 4 is 23.8 Å². The Morgan fingerprint density at radius 1 is 0.979 bits per heavy atom. The van der Waals surface area contributed by atoms with Crippen molar-refractivity contribution in [1.29, 1.82) is 0 Å². The molecule has 256 valence electrons. The summed E-state index contributed by atoms with van der Waals surface area (Å²) < 4.78 is 21.8. The molecule has 1 aliphatic rings. The van der Waals surface area contributed by atoms with Crippen LogP contribution in [0.5, 0.6) is 11.5 Å². The number of benzene rings is 2. The topological polar surface area (TPSA) is 153 Å². The fraction of sp³-hybridized carbons (Fsp3) is 0.500. The summed E-state index contributed by atoms with van der Waals surface area (Å²) in [6.45, 7) is 7.23. The smallest absolute Gasteiger partial charge is 0.345 e. The molecular formula is C36H48N2O9. The lowest BCUT2D eigenvalue weighted by molar-refractivity contribution is -0.167. The van der Waals surface area contributed by atoms with E-state index in [1.807, 2.05) is 32.0 Å². The minimum atomic E-state index is -1.27. The summed E-state index contributed by atoms with van der Waals surface area (Å²) >= 11 is 0. The van der Waals surface area contributed by atoms with Gasteiger partial charge in [0.15, 0.2) is 17.6 Å². The normalized spacial score (nSPS) is 18.1. The molecule has 0 radical (unpaired) electrons. The van der Waals surface area contributed by atoms with Gasteiger partial charge in [-0.2, -0.15) is 0 Å². The van der Waals surface area contributed by atoms with Gasteiger partial charge in [0.05, 0.1) is 26.2 Å². The molecule has 0 saturated carbocycles. The van der Waals surface area contributed by atoms with Gasteiger partial charge in [0.25, 0.3) is 0 Å². The van der Waals surface area contributed by atoms with Crippen molar-refractivity contribution in [2.24, 2.45) is 17.8 Å². The van der Waals surface area contributed by atoms with Crippen LogP contribution in [-0.2, 0) is 35.1 Å². The van der Waals surface area contributed by atoms with Gasteiger partial charge < -0.3 is 34.7 Å². The van der Waals surface area contributed by atoms with Crippen molar-refractivity contribution in [1.82, 2.24) is 10.6 Å². The van der Waals surface area contributed by atoms with E-state index in [0.717, 1.165) is 6.42 Å². The van der Waals surface area contributed by atoms with Gasteiger partial charge in [0, 0.05) is 13.0 Å². The van der Waals surface area contributed by atoms with Gasteiger partial charge in [-0.3, -0.25) is 14.4 Å². The van der Waals surface area contributed by atoms with Crippen LogP contribution in [0.15, 0.2) is 60.7 Å². The second-order valence-electron chi connectivity index (χ2n) is 12.4. The maximum atomic E-state index is 13.3. The number of hydrogen-bond acceptors (Lipinski definition) is 8. The third-order valence-electron chi connectivity index (χ3n) is 8.00. The molecule has 2 amide bonds. The molecule has 3 N–H and O–H groups in total. The Morgan fingerprint density at radius 2 is 1.68 bits per heavy atom. The SMILES string of the molecule is COc1ccc(C[C@@H](NC(=O)/C=C/CC[C@H](C)[C@H]2O[C@@H]2c2ccccc2)C(=O)NCC(C)C(=O)O[C@@H](CC(C)C)C(=O)O)cc1OC. The van der Waals surface area contributed by atoms with Crippen molar-refractivity contribution in [2.75, 3.05) is 20.8 Å². The van der Waals surface area contributed by atoms with Gasteiger partial charge in [-0.15, -0.1) is 0 Å². The third-order valence-corrected chi connectivity index (χ3v) is 8.00. The van der Waals surface area contributed by atoms with E-state index in [2.05, 4.69) is 29.7 Å². The minimum absolute atomic E-state index is 0.0107. The molecule has 6 atom stereocenters. The van der Waals surface area contributed by atoms with Crippen molar-refractivity contribution in [3.8, 4) is 11.5 Å². The summed E-state index contributed by atoms with van der Waals surface area (Å²) in [5, 5.41) is 14.9. The van der Waals surface area contributed by atoms with Crippen LogP contribution in [0.1, 0.15) is 64.2 Å². The zero-order valence-electron chi connectivity index (χ0n) is 28.1. The molecule has 47 heavy (non-hydrogen) atoms. The number of carbonyl (C=O) groups excluding carboxylic acids is 3. The molecule has 0 bridgehead atoms. The first-order valence-electron chi connectivity index (χ1n) is 16.0. The Morgan fingerprint density at radius 3 is 2.32 bits per heavy atom. The number of nitrogens with one attached hydrogen (secondary N) is 2. The lowest BCUT2D eigenvalue weighted by atomic mass is 9.97. The van der Waals surface area contributed by atoms with Gasteiger partial charge in [0.2, 0.25) is 11.8 Å². The zero-order valence-corrected chi connectivity index (χ0v) is 28.1. The summed E-state index contributed by atoms with van der Waals surface area (Å²) in [4.78, 5) is 50.4. The lowest BCUT2D eigenvalue weighted by Gasteiger charge is -2.21. The molecular weight excluding hydrogens is 604 g/mol. The quantitative estimate of drug-likeness (QED) is 0.112. The number of ether oxygens (including phenoxy) is 4. The van der Waals surface area contributed by atoms with Crippen LogP contribution >= 0.6 is 0 Å². The molecule has 1 heterocycles. The highest BCUT2D eigenvalue weighted by atomic mass is 16.6. The number of amides is 2. The average molecular weight is 653 g/mol. The van der Waals surface area contributed by atoms with Gasteiger partial charge in [-0.1, -0.05) is 70.2 Å². The highest BCUT2D eigenvalue weighted by Crippen LogP contribution is 2.44. The largest absolute Gasteiger partial charge is 0.493 e. The van der Waals surface area contributed by atoms with Crippen LogP contribution in [0.3, 0.4) is 0 Å². The number of hydrogen-bond donors (Lipinski definition) is 3. The van der Waals surface area contributed by atoms with Crippen LogP contribution in [0, 0.1) is 17.8 Å². The first kappa shape index (κ1) is 37.1. The van der Waals surface area contributed by atoms with E-state index >= 15 is 0 Å². The Hall–Kier alpha value is -4.38. The molecule has 3 rings (SSSR count). The van der Waals surface area contributed by atoms with Crippen LogP contribution in [0.25, 0.3) is 0 Å². The molecule has 2 aromatic carbocycles. The van der Waals surface area contributed by atoms with Crippen LogP contribution in [0.2, 0.25) is 0 Å². The average Bonchev–Trinajstić information content (AvgIpc) is 3.86. The molecule has 11 nitrogen and oxygen atoms in total. The number of aliphatic carboxylic acids is 1. The molecule has 1 fully saturated rings. The number of esters is 1. The predicted octanol–water partition coefficient (Wildman–Crippen LogP) is 4.64. The highest BCUT2D eigenvalue weighted by Gasteiger charge is 2.43. The number of allylic oxidation sites excluding steroid dienone is 1. The molecule has 2 aromatic rings. The van der Waals surface area contributed by atoms with E-state index < -0.39 is 41.8 Å². The summed E-state index contributed by atoms with van der Waals surface area (Å²) in [5.74, 6) is -2.40. The van der Waals surface area contributed by atoms with Gasteiger partial charge in [0.1, 0.15) is 12.1 Å². The number of methoxy groups -OCH3 is 2. The van der Waals surface area contributed by atoms with E-state index in [1.54, 1.807) is 24.3 Å². The zero-order chi connectivity index (χ0) is 34.5. The first-order chi connectivity index (χ1) is 22.4. The van der Waals surface area contributed by atoms with Crippen molar-refractivity contribution in [3.05, 3.63) is 71.8 Å². The number of carboxylic acid groups (broad SMARTS) is 1. The first-order valence-corrected chi connectivity index (χ1v) is 16.0. The molecule has 0 spiro atoms. The van der Waals surface area contributed by atoms with E-state index in [-0.39, 0.29) is 37.5 Å². The van der Waals surface area contributed by atoms with Crippen LogP contribution in [-0.4, -0.2) is 67.9 Å². The third kappa shape index (κ3) is 11.7. The van der Waals surface area contributed by atoms with Crippen molar-refractivity contribution in [2.45, 2.75) is 77.7 Å². The number of carbonyl (C=O) groups is 4. The predicted molar refractivity (Wildman–Crippen MR) is 176 cm³/mol. The van der Waals surface area contributed by atoms with Crippen LogP contribution in [0.4, 0.5) is 0 Å². The van der Waals surface area contributed by atoms with Crippen LogP contribution < -0.4 is 20.1 Å². The van der Waals surface area contributed by atoms with Crippen molar-refractivity contribution in [3.63, 3.8) is 0 Å². The summed E-state index contributed by atoms with van der Waals surface area (Å²) in [5.41, 5.74) is 1.88. The number of carboxylic acids is 1. The second kappa shape index (κ2) is 18.1. The maximum absolute atomic E-state index is 13.3. The maximum Gasteiger partial charge on any atom is 0.345 e. The Balaban J connectivity index is 1.59. The Bertz CT molecular complexity index is 1380. The van der Waals surface area contributed by atoms with E-state index in [9.17, 15) is 24.3 Å². The standard InChI is InChI=1S/C36H48N2O9/c1-22(2)18-30(35(41)42)46-36(43)24(4)21-37-34(40)27(19-25-16-17-28(44-5)29(20-25)45-6)38-31(39)15-11-10-12-23(3)32-33(47-32)26-13-8-7-9-14-26/h7-9,11,13-17,20,22-24,27,30,32-33H,10,12,18-19,21H2,1-6H3,(H,37,40)(H,38,39)(H,41,42)/b15-11+/t23-,24?,27+,30-,32+,33+/m0/s1. The number of epoxide rings is 1. The Kier molecular flexibility index (Phi) is 14.3. The summed E-state index contributed by atoms with van der Waals surface area (Å²) in [7, 11) is 3.03. The lowest BCUT2D eigenvalue weighted by Crippen LogP contribution is -2.49. The molecule has 1 aliphatic heterocycles. The number of rotatable bonds is 19. The molecule has 11 heteroatoms. The fourth-order valence-corrected chi connectivity index (χ4v) is 5.20. The van der Waals surface area contributed by atoms with Gasteiger partial charge in [-0.25, -0.2) is 4.79 Å².